The molecule has 0 aromatic heterocycles. The van der Waals surface area contributed by atoms with Gasteiger partial charge in [-0.2, -0.15) is 13.2 Å². The quantitative estimate of drug-likeness (QED) is 0.656. The Bertz CT molecular complexity index is 723. The van der Waals surface area contributed by atoms with Crippen molar-refractivity contribution in [3.05, 3.63) is 41.5 Å². The first-order chi connectivity index (χ1) is 9.23. The van der Waals surface area contributed by atoms with Gasteiger partial charge in [0, 0.05) is 5.39 Å². The lowest BCUT2D eigenvalue weighted by Crippen LogP contribution is -2.26. The molecule has 2 rings (SSSR count). The lowest BCUT2D eigenvalue weighted by Gasteiger charge is -2.13. The maximum Gasteiger partial charge on any atom is 0.454 e. The van der Waals surface area contributed by atoms with E-state index in [0.717, 1.165) is 6.07 Å². The molecule has 0 heterocycles. The van der Waals surface area contributed by atoms with Crippen molar-refractivity contribution >= 4 is 28.2 Å². The zero-order valence-electron chi connectivity index (χ0n) is 9.86. The minimum absolute atomic E-state index is 0.199. The Balaban J connectivity index is 2.87. The first kappa shape index (κ1) is 13.9. The third kappa shape index (κ3) is 2.18. The SMILES string of the molecule is Nc1c(C(=O)C(F)(F)F)c(C(=O)O)cc2ccccc12. The Kier molecular flexibility index (Phi) is 3.13. The topological polar surface area (TPSA) is 80.4 Å². The van der Waals surface area contributed by atoms with Crippen LogP contribution in [0.15, 0.2) is 30.3 Å². The molecule has 0 aliphatic carbocycles. The molecule has 0 spiro atoms. The maximum atomic E-state index is 12.6. The van der Waals surface area contributed by atoms with Gasteiger partial charge < -0.3 is 10.8 Å². The highest BCUT2D eigenvalue weighted by molar-refractivity contribution is 6.17. The average molecular weight is 283 g/mol. The molecule has 2 aromatic rings. The second-order valence-electron chi connectivity index (χ2n) is 4.07. The Morgan fingerprint density at radius 2 is 1.75 bits per heavy atom. The van der Waals surface area contributed by atoms with E-state index in [0.29, 0.717) is 5.39 Å². The highest BCUT2D eigenvalue weighted by atomic mass is 19.4. The molecule has 0 radical (unpaired) electrons. The number of ketones is 1. The fourth-order valence-electron chi connectivity index (χ4n) is 1.93. The molecular formula is C13H8F3NO3. The minimum Gasteiger partial charge on any atom is -0.478 e. The number of alkyl halides is 3. The number of carbonyl (C=O) groups is 2. The molecule has 0 fully saturated rings. The predicted octanol–water partition coefficient (Wildman–Crippen LogP) is 2.87. The summed E-state index contributed by atoms with van der Waals surface area (Å²) in [5, 5.41) is 9.54. The number of fused-ring (bicyclic) bond motifs is 1. The van der Waals surface area contributed by atoms with E-state index in [1.165, 1.54) is 18.2 Å². The van der Waals surface area contributed by atoms with Gasteiger partial charge in [-0.1, -0.05) is 24.3 Å². The van der Waals surface area contributed by atoms with Gasteiger partial charge in [-0.15, -0.1) is 0 Å². The Morgan fingerprint density at radius 3 is 2.30 bits per heavy atom. The van der Waals surface area contributed by atoms with E-state index in [2.05, 4.69) is 0 Å². The highest BCUT2D eigenvalue weighted by Crippen LogP contribution is 2.33. The van der Waals surface area contributed by atoms with Gasteiger partial charge in [0.05, 0.1) is 16.8 Å². The van der Waals surface area contributed by atoms with Crippen LogP contribution in [-0.4, -0.2) is 23.0 Å². The summed E-state index contributed by atoms with van der Waals surface area (Å²) >= 11 is 0. The number of hydrogen-bond donors (Lipinski definition) is 2. The first-order valence-electron chi connectivity index (χ1n) is 5.39. The summed E-state index contributed by atoms with van der Waals surface area (Å²) in [6.07, 6.45) is -5.19. The third-order valence-electron chi connectivity index (χ3n) is 2.80. The van der Waals surface area contributed by atoms with E-state index in [1.54, 1.807) is 6.07 Å². The van der Waals surface area contributed by atoms with Gasteiger partial charge in [0.1, 0.15) is 0 Å². The van der Waals surface area contributed by atoms with Crippen LogP contribution in [0.1, 0.15) is 20.7 Å². The molecule has 7 heteroatoms. The van der Waals surface area contributed by atoms with Crippen molar-refractivity contribution in [1.29, 1.82) is 0 Å². The van der Waals surface area contributed by atoms with Crippen LogP contribution >= 0.6 is 0 Å². The second kappa shape index (κ2) is 4.52. The summed E-state index contributed by atoms with van der Waals surface area (Å²) in [6, 6.07) is 7.04. The number of carboxylic acids is 1. The van der Waals surface area contributed by atoms with Crippen molar-refractivity contribution in [2.75, 3.05) is 5.73 Å². The number of rotatable bonds is 2. The van der Waals surface area contributed by atoms with Crippen molar-refractivity contribution in [2.24, 2.45) is 0 Å². The standard InChI is InChI=1S/C13H8F3NO3/c14-13(15,16)11(18)9-8(12(19)20)5-6-3-1-2-4-7(6)10(9)17/h1-5H,17H2,(H,19,20). The second-order valence-corrected chi connectivity index (χ2v) is 4.07. The highest BCUT2D eigenvalue weighted by Gasteiger charge is 2.42. The number of carbonyl (C=O) groups excluding carboxylic acids is 1. The summed E-state index contributed by atoms with van der Waals surface area (Å²) in [7, 11) is 0. The zero-order valence-corrected chi connectivity index (χ0v) is 9.86. The van der Waals surface area contributed by atoms with Gasteiger partial charge >= 0.3 is 12.1 Å². The van der Waals surface area contributed by atoms with Crippen LogP contribution in [0.5, 0.6) is 0 Å². The van der Waals surface area contributed by atoms with E-state index < -0.39 is 34.7 Å². The van der Waals surface area contributed by atoms with Crippen LogP contribution in [0.4, 0.5) is 18.9 Å². The van der Waals surface area contributed by atoms with Crippen molar-refractivity contribution < 1.29 is 27.9 Å². The van der Waals surface area contributed by atoms with E-state index in [9.17, 15) is 22.8 Å². The summed E-state index contributed by atoms with van der Waals surface area (Å²) in [5.74, 6) is -3.91. The van der Waals surface area contributed by atoms with Crippen molar-refractivity contribution in [1.82, 2.24) is 0 Å². The lowest BCUT2D eigenvalue weighted by atomic mass is 9.95. The summed E-state index contributed by atoms with van der Waals surface area (Å²) in [6.45, 7) is 0. The number of carboxylic acid groups (broad SMARTS) is 1. The first-order valence-corrected chi connectivity index (χ1v) is 5.39. The van der Waals surface area contributed by atoms with Crippen LogP contribution in [0, 0.1) is 0 Å². The molecule has 0 bridgehead atoms. The van der Waals surface area contributed by atoms with Gasteiger partial charge in [-0.3, -0.25) is 4.79 Å². The van der Waals surface area contributed by atoms with E-state index >= 15 is 0 Å². The number of anilines is 1. The van der Waals surface area contributed by atoms with Crippen molar-refractivity contribution in [2.45, 2.75) is 6.18 Å². The molecule has 0 saturated heterocycles. The number of nitrogens with two attached hydrogens (primary N) is 1. The fourth-order valence-corrected chi connectivity index (χ4v) is 1.93. The maximum absolute atomic E-state index is 12.6. The molecular weight excluding hydrogens is 275 g/mol. The van der Waals surface area contributed by atoms with Gasteiger partial charge in [0.25, 0.3) is 5.78 Å². The predicted molar refractivity (Wildman–Crippen MR) is 65.7 cm³/mol. The molecule has 0 unspecified atom stereocenters. The Labute approximate surface area is 110 Å². The molecule has 0 saturated carbocycles. The summed E-state index contributed by atoms with van der Waals surface area (Å²) in [5.41, 5.74) is 3.30. The van der Waals surface area contributed by atoms with E-state index in [-0.39, 0.29) is 5.39 Å². The normalized spacial score (nSPS) is 11.6. The molecule has 3 N–H and O–H groups in total. The molecule has 0 amide bonds. The Morgan fingerprint density at radius 1 is 1.15 bits per heavy atom. The van der Waals surface area contributed by atoms with Crippen LogP contribution < -0.4 is 5.73 Å². The average Bonchev–Trinajstić information content (AvgIpc) is 2.36. The third-order valence-corrected chi connectivity index (χ3v) is 2.80. The monoisotopic (exact) mass is 283 g/mol. The molecule has 4 nitrogen and oxygen atoms in total. The summed E-state index contributed by atoms with van der Waals surface area (Å²) < 4.78 is 37.7. The van der Waals surface area contributed by atoms with E-state index in [1.807, 2.05) is 0 Å². The van der Waals surface area contributed by atoms with Crippen LogP contribution in [0.3, 0.4) is 0 Å². The molecule has 104 valence electrons. The van der Waals surface area contributed by atoms with Gasteiger partial charge in [0.2, 0.25) is 0 Å². The smallest absolute Gasteiger partial charge is 0.454 e. The zero-order chi connectivity index (χ0) is 15.1. The van der Waals surface area contributed by atoms with Gasteiger partial charge in [0.15, 0.2) is 0 Å². The van der Waals surface area contributed by atoms with Crippen molar-refractivity contribution in [3.8, 4) is 0 Å². The fraction of sp³-hybridized carbons (Fsp3) is 0.0769. The van der Waals surface area contributed by atoms with Crippen molar-refractivity contribution in [3.63, 3.8) is 0 Å². The minimum atomic E-state index is -5.19. The molecule has 0 aliphatic heterocycles. The number of aromatic carboxylic acids is 1. The van der Waals surface area contributed by atoms with Gasteiger partial charge in [-0.25, -0.2) is 4.79 Å². The van der Waals surface area contributed by atoms with Gasteiger partial charge in [-0.05, 0) is 11.5 Å². The largest absolute Gasteiger partial charge is 0.478 e. The summed E-state index contributed by atoms with van der Waals surface area (Å²) in [4.78, 5) is 22.5. The number of hydrogen-bond acceptors (Lipinski definition) is 3. The number of benzene rings is 2. The van der Waals surface area contributed by atoms with Crippen LogP contribution in [0.25, 0.3) is 10.8 Å². The van der Waals surface area contributed by atoms with Crippen LogP contribution in [-0.2, 0) is 0 Å². The molecule has 0 atom stereocenters. The van der Waals surface area contributed by atoms with Crippen LogP contribution in [0.2, 0.25) is 0 Å². The molecule has 2 aromatic carbocycles. The number of nitrogen functional groups attached to an aromatic ring is 1. The number of Topliss-reactive ketones (excluding diaryl/α,β-unsaturated/α-hetero) is 1. The molecule has 0 aliphatic rings. The lowest BCUT2D eigenvalue weighted by molar-refractivity contribution is -0.0884. The Hall–Kier alpha value is -2.57. The molecule has 20 heavy (non-hydrogen) atoms. The van der Waals surface area contributed by atoms with E-state index in [4.69, 9.17) is 10.8 Å². The number of halogens is 3.